The van der Waals surface area contributed by atoms with E-state index in [0.717, 1.165) is 0 Å². The summed E-state index contributed by atoms with van der Waals surface area (Å²) >= 11 is 0. The van der Waals surface area contributed by atoms with Crippen molar-refractivity contribution in [1.82, 2.24) is 5.32 Å². The van der Waals surface area contributed by atoms with E-state index in [0.29, 0.717) is 0 Å². The van der Waals surface area contributed by atoms with Gasteiger partial charge in [-0.05, 0) is 0 Å². The molecule has 1 amide bonds. The van der Waals surface area contributed by atoms with Gasteiger partial charge in [0.1, 0.15) is 6.61 Å². The molecule has 70 valence electrons. The summed E-state index contributed by atoms with van der Waals surface area (Å²) in [5.74, 6) is -0.654. The van der Waals surface area contributed by atoms with E-state index < -0.39 is 0 Å². The lowest BCUT2D eigenvalue weighted by Gasteiger charge is -2.01. The number of amides is 1. The maximum Gasteiger partial charge on any atom is 0.227 e. The van der Waals surface area contributed by atoms with Crippen molar-refractivity contribution in [2.24, 2.45) is 0 Å². The van der Waals surface area contributed by atoms with Crippen LogP contribution in [0.2, 0.25) is 0 Å². The number of ketones is 1. The van der Waals surface area contributed by atoms with Crippen molar-refractivity contribution < 1.29 is 19.4 Å². The van der Waals surface area contributed by atoms with Crippen LogP contribution in [0.15, 0.2) is 0 Å². The molecule has 2 N–H and O–H groups in total. The summed E-state index contributed by atoms with van der Waals surface area (Å²) in [5, 5.41) is 10.7. The molecule has 12 heavy (non-hydrogen) atoms. The molecule has 0 aliphatic heterocycles. The van der Waals surface area contributed by atoms with E-state index in [9.17, 15) is 9.59 Å². The number of aliphatic hydroxyl groups is 1. The van der Waals surface area contributed by atoms with Crippen LogP contribution >= 0.6 is 0 Å². The molecule has 0 aromatic heterocycles. The summed E-state index contributed by atoms with van der Waals surface area (Å²) in [6.45, 7) is 0.00977. The standard InChI is InChI=1S/C7H13NO4/c1-12-5-6(10)4-7(11)8-2-3-9/h9H,2-5H2,1H3,(H,8,11). The molecular weight excluding hydrogens is 162 g/mol. The van der Waals surface area contributed by atoms with E-state index in [1.54, 1.807) is 0 Å². The fourth-order valence-corrected chi connectivity index (χ4v) is 0.649. The van der Waals surface area contributed by atoms with Gasteiger partial charge in [-0.3, -0.25) is 9.59 Å². The molecule has 0 unspecified atom stereocenters. The zero-order chi connectivity index (χ0) is 9.40. The fourth-order valence-electron chi connectivity index (χ4n) is 0.649. The third-order valence-corrected chi connectivity index (χ3v) is 1.10. The van der Waals surface area contributed by atoms with E-state index >= 15 is 0 Å². The molecule has 0 radical (unpaired) electrons. The van der Waals surface area contributed by atoms with Crippen LogP contribution in [0.1, 0.15) is 6.42 Å². The number of hydrogen-bond donors (Lipinski definition) is 2. The van der Waals surface area contributed by atoms with Crippen LogP contribution in [-0.4, -0.2) is 43.7 Å². The highest BCUT2D eigenvalue weighted by molar-refractivity contribution is 5.98. The minimum atomic E-state index is -0.383. The number of ether oxygens (including phenoxy) is 1. The Bertz CT molecular complexity index is 157. The average molecular weight is 175 g/mol. The lowest BCUT2D eigenvalue weighted by molar-refractivity contribution is -0.130. The zero-order valence-corrected chi connectivity index (χ0v) is 7.00. The largest absolute Gasteiger partial charge is 0.395 e. The van der Waals surface area contributed by atoms with Gasteiger partial charge < -0.3 is 15.2 Å². The first-order valence-corrected chi connectivity index (χ1v) is 3.59. The highest BCUT2D eigenvalue weighted by Gasteiger charge is 2.07. The monoisotopic (exact) mass is 175 g/mol. The van der Waals surface area contributed by atoms with Crippen molar-refractivity contribution in [2.75, 3.05) is 26.9 Å². The average Bonchev–Trinajstić information content (AvgIpc) is 2.01. The Labute approximate surface area is 70.7 Å². The van der Waals surface area contributed by atoms with E-state index in [2.05, 4.69) is 10.1 Å². The van der Waals surface area contributed by atoms with Crippen LogP contribution in [0.3, 0.4) is 0 Å². The maximum absolute atomic E-state index is 10.8. The lowest BCUT2D eigenvalue weighted by atomic mass is 10.3. The van der Waals surface area contributed by atoms with Gasteiger partial charge in [-0.2, -0.15) is 0 Å². The highest BCUT2D eigenvalue weighted by Crippen LogP contribution is 1.83. The third kappa shape index (κ3) is 5.82. The molecule has 5 heteroatoms. The van der Waals surface area contributed by atoms with Crippen LogP contribution in [0.5, 0.6) is 0 Å². The Morgan fingerprint density at radius 1 is 1.50 bits per heavy atom. The number of aliphatic hydroxyl groups excluding tert-OH is 1. The number of carbonyl (C=O) groups excluding carboxylic acids is 2. The molecule has 0 heterocycles. The number of rotatable bonds is 6. The minimum absolute atomic E-state index is 0.0491. The first kappa shape index (κ1) is 11.1. The molecule has 0 aromatic rings. The second-order valence-corrected chi connectivity index (χ2v) is 2.22. The van der Waals surface area contributed by atoms with Crippen LogP contribution in [0, 0.1) is 0 Å². The molecule has 0 fully saturated rings. The Balaban J connectivity index is 3.47. The van der Waals surface area contributed by atoms with Crippen molar-refractivity contribution in [3.05, 3.63) is 0 Å². The summed E-state index contributed by atoms with van der Waals surface area (Å²) in [7, 11) is 1.39. The predicted molar refractivity (Wildman–Crippen MR) is 41.6 cm³/mol. The van der Waals surface area contributed by atoms with Crippen LogP contribution in [-0.2, 0) is 14.3 Å². The molecule has 0 saturated heterocycles. The Morgan fingerprint density at radius 3 is 2.67 bits per heavy atom. The number of carbonyl (C=O) groups is 2. The van der Waals surface area contributed by atoms with Gasteiger partial charge in [-0.25, -0.2) is 0 Å². The summed E-state index contributed by atoms with van der Waals surface area (Å²) in [6.07, 6.45) is -0.187. The molecule has 0 atom stereocenters. The van der Waals surface area contributed by atoms with Gasteiger partial charge in [0, 0.05) is 13.7 Å². The number of nitrogens with one attached hydrogen (secondary N) is 1. The van der Waals surface area contributed by atoms with Gasteiger partial charge >= 0.3 is 0 Å². The van der Waals surface area contributed by atoms with Gasteiger partial charge in [0.05, 0.1) is 13.0 Å². The van der Waals surface area contributed by atoms with Crippen molar-refractivity contribution in [3.8, 4) is 0 Å². The lowest BCUT2D eigenvalue weighted by Crippen LogP contribution is -2.29. The summed E-state index contributed by atoms with van der Waals surface area (Å²) < 4.78 is 4.53. The molecule has 0 bridgehead atoms. The second kappa shape index (κ2) is 6.75. The van der Waals surface area contributed by atoms with Crippen molar-refractivity contribution in [2.45, 2.75) is 6.42 Å². The summed E-state index contributed by atoms with van der Waals surface area (Å²) in [6, 6.07) is 0. The minimum Gasteiger partial charge on any atom is -0.395 e. The number of hydrogen-bond acceptors (Lipinski definition) is 4. The van der Waals surface area contributed by atoms with Gasteiger partial charge in [0.2, 0.25) is 5.91 Å². The second-order valence-electron chi connectivity index (χ2n) is 2.22. The van der Waals surface area contributed by atoms with Crippen LogP contribution < -0.4 is 5.32 Å². The Hall–Kier alpha value is -0.940. The molecular formula is C7H13NO4. The molecule has 0 aliphatic carbocycles. The van der Waals surface area contributed by atoms with E-state index in [-0.39, 0.29) is 37.9 Å². The van der Waals surface area contributed by atoms with Crippen molar-refractivity contribution >= 4 is 11.7 Å². The third-order valence-electron chi connectivity index (χ3n) is 1.10. The van der Waals surface area contributed by atoms with Crippen molar-refractivity contribution in [3.63, 3.8) is 0 Å². The SMILES string of the molecule is COCC(=O)CC(=O)NCCO. The van der Waals surface area contributed by atoms with E-state index in [1.807, 2.05) is 0 Å². The van der Waals surface area contributed by atoms with Gasteiger partial charge in [-0.15, -0.1) is 0 Å². The summed E-state index contributed by atoms with van der Waals surface area (Å²) in [4.78, 5) is 21.6. The van der Waals surface area contributed by atoms with E-state index in [4.69, 9.17) is 5.11 Å². The quantitative estimate of drug-likeness (QED) is 0.492. The Kier molecular flexibility index (Phi) is 6.22. The molecule has 0 rings (SSSR count). The molecule has 5 nitrogen and oxygen atoms in total. The van der Waals surface area contributed by atoms with Crippen LogP contribution in [0.4, 0.5) is 0 Å². The fraction of sp³-hybridized carbons (Fsp3) is 0.714. The van der Waals surface area contributed by atoms with E-state index in [1.165, 1.54) is 7.11 Å². The normalized spacial score (nSPS) is 9.50. The predicted octanol–water partition coefficient (Wildman–Crippen LogP) is -1.30. The molecule has 0 saturated carbocycles. The smallest absolute Gasteiger partial charge is 0.227 e. The molecule has 0 spiro atoms. The van der Waals surface area contributed by atoms with Crippen molar-refractivity contribution in [1.29, 1.82) is 0 Å². The van der Waals surface area contributed by atoms with Crippen LogP contribution in [0.25, 0.3) is 0 Å². The highest BCUT2D eigenvalue weighted by atomic mass is 16.5. The van der Waals surface area contributed by atoms with Gasteiger partial charge in [0.25, 0.3) is 0 Å². The molecule has 0 aliphatic rings. The maximum atomic E-state index is 10.8. The number of Topliss-reactive ketones (excluding diaryl/α,β-unsaturated/α-hetero) is 1. The van der Waals surface area contributed by atoms with Gasteiger partial charge in [-0.1, -0.05) is 0 Å². The first-order chi connectivity index (χ1) is 5.70. The zero-order valence-electron chi connectivity index (χ0n) is 7.00. The first-order valence-electron chi connectivity index (χ1n) is 3.59. The van der Waals surface area contributed by atoms with Gasteiger partial charge in [0.15, 0.2) is 5.78 Å². The topological polar surface area (TPSA) is 75.6 Å². The number of methoxy groups -OCH3 is 1. The molecule has 0 aromatic carbocycles. The Morgan fingerprint density at radius 2 is 2.17 bits per heavy atom. The summed E-state index contributed by atoms with van der Waals surface area (Å²) in [5.41, 5.74) is 0.